The Balaban J connectivity index is 1.68. The highest BCUT2D eigenvalue weighted by atomic mass is 16.2. The maximum Gasteiger partial charge on any atom is 0.257 e. The molecule has 0 spiro atoms. The van der Waals surface area contributed by atoms with Crippen molar-refractivity contribution in [2.45, 2.75) is 77.3 Å². The number of aromatic nitrogens is 2. The Morgan fingerprint density at radius 2 is 1.68 bits per heavy atom. The van der Waals surface area contributed by atoms with Gasteiger partial charge in [0.05, 0.1) is 12.2 Å². The lowest BCUT2D eigenvalue weighted by Gasteiger charge is -2.23. The molecule has 1 saturated carbocycles. The summed E-state index contributed by atoms with van der Waals surface area (Å²) in [5.74, 6) is -0.228. The first-order chi connectivity index (χ1) is 16.6. The fourth-order valence-electron chi connectivity index (χ4n) is 4.97. The minimum Gasteiger partial charge on any atom is -0.349 e. The first-order valence-electron chi connectivity index (χ1n) is 12.6. The molecule has 1 aliphatic carbocycles. The molecule has 0 bridgehead atoms. The number of amides is 1. The summed E-state index contributed by atoms with van der Waals surface area (Å²) in [6, 6.07) is 17.8. The fraction of sp³-hybridized carbons (Fsp3) is 0.414. The molecule has 1 fully saturated rings. The van der Waals surface area contributed by atoms with E-state index in [1.54, 1.807) is 12.3 Å². The Kier molecular flexibility index (Phi) is 8.29. The van der Waals surface area contributed by atoms with Crippen LogP contribution >= 0.6 is 0 Å². The van der Waals surface area contributed by atoms with Gasteiger partial charge >= 0.3 is 0 Å². The lowest BCUT2D eigenvalue weighted by molar-refractivity contribution is 0.0927. The van der Waals surface area contributed by atoms with Gasteiger partial charge in [-0.3, -0.25) is 14.6 Å². The van der Waals surface area contributed by atoms with Crippen molar-refractivity contribution in [3.8, 4) is 0 Å². The number of pyridine rings is 2. The second-order valence-corrected chi connectivity index (χ2v) is 9.38. The molecule has 34 heavy (non-hydrogen) atoms. The van der Waals surface area contributed by atoms with E-state index in [1.807, 2.05) is 43.3 Å². The third-order valence-corrected chi connectivity index (χ3v) is 6.83. The molecule has 0 radical (unpaired) electrons. The molecular formula is C29H35N3O2. The summed E-state index contributed by atoms with van der Waals surface area (Å²) in [5.41, 5.74) is 3.83. The third kappa shape index (κ3) is 6.22. The van der Waals surface area contributed by atoms with Crippen molar-refractivity contribution >= 4 is 5.91 Å². The molecule has 0 aliphatic heterocycles. The van der Waals surface area contributed by atoms with Gasteiger partial charge in [-0.2, -0.15) is 0 Å². The second-order valence-electron chi connectivity index (χ2n) is 9.38. The number of carbonyl (C=O) groups is 1. The van der Waals surface area contributed by atoms with Gasteiger partial charge in [-0.25, -0.2) is 0 Å². The fourth-order valence-corrected chi connectivity index (χ4v) is 4.97. The van der Waals surface area contributed by atoms with Crippen LogP contribution in [0.15, 0.2) is 65.6 Å². The van der Waals surface area contributed by atoms with Crippen molar-refractivity contribution in [1.29, 1.82) is 0 Å². The van der Waals surface area contributed by atoms with E-state index in [9.17, 15) is 9.59 Å². The minimum atomic E-state index is -0.228. The number of carbonyl (C=O) groups excluding carboxylic acids is 1. The molecule has 178 valence electrons. The maximum atomic E-state index is 13.5. The molecule has 0 unspecified atom stereocenters. The molecule has 1 amide bonds. The Hall–Kier alpha value is -3.21. The molecule has 1 aromatic carbocycles. The van der Waals surface area contributed by atoms with Crippen LogP contribution in [0.4, 0.5) is 0 Å². The van der Waals surface area contributed by atoms with E-state index in [-0.39, 0.29) is 17.4 Å². The van der Waals surface area contributed by atoms with Gasteiger partial charge in [0.2, 0.25) is 0 Å². The molecule has 5 heteroatoms. The number of hydrogen-bond donors (Lipinski definition) is 1. The molecular weight excluding hydrogens is 422 g/mol. The monoisotopic (exact) mass is 457 g/mol. The molecule has 1 aliphatic rings. The van der Waals surface area contributed by atoms with Crippen LogP contribution in [0.5, 0.6) is 0 Å². The van der Waals surface area contributed by atoms with Gasteiger partial charge in [0.25, 0.3) is 5.91 Å². The predicted octanol–water partition coefficient (Wildman–Crippen LogP) is 5.23. The summed E-state index contributed by atoms with van der Waals surface area (Å²) in [7, 11) is 0. The lowest BCUT2D eigenvalue weighted by Crippen LogP contribution is -2.39. The topological polar surface area (TPSA) is 64.0 Å². The molecule has 1 N–H and O–H groups in total. The van der Waals surface area contributed by atoms with Gasteiger partial charge in [-0.05, 0) is 50.3 Å². The molecule has 3 aromatic rings. The largest absolute Gasteiger partial charge is 0.349 e. The molecule has 2 heterocycles. The van der Waals surface area contributed by atoms with E-state index in [0.717, 1.165) is 49.2 Å². The highest BCUT2D eigenvalue weighted by Crippen LogP contribution is 2.19. The van der Waals surface area contributed by atoms with Crippen molar-refractivity contribution in [2.24, 2.45) is 0 Å². The standard InChI is InChI=1S/C29H35N3O2/c1-22-20-27(33)28(29(34)31-24-14-8-3-2-4-9-15-24)26(18-17-23-12-6-5-7-13-23)32(22)21-25-16-10-11-19-30-25/h5-7,10-13,16,19-20,24H,2-4,8-9,14-15,17-18,21H2,1H3,(H,31,34). The Morgan fingerprint density at radius 1 is 0.971 bits per heavy atom. The van der Waals surface area contributed by atoms with Gasteiger partial charge in [0, 0.05) is 29.7 Å². The van der Waals surface area contributed by atoms with Gasteiger partial charge in [0.1, 0.15) is 5.56 Å². The van der Waals surface area contributed by atoms with Crippen molar-refractivity contribution < 1.29 is 4.79 Å². The first kappa shape index (κ1) is 23.9. The summed E-state index contributed by atoms with van der Waals surface area (Å²) < 4.78 is 2.10. The average Bonchev–Trinajstić information content (AvgIpc) is 2.82. The van der Waals surface area contributed by atoms with Crippen LogP contribution in [-0.4, -0.2) is 21.5 Å². The average molecular weight is 458 g/mol. The number of nitrogens with zero attached hydrogens (tertiary/aromatic N) is 2. The smallest absolute Gasteiger partial charge is 0.257 e. The van der Waals surface area contributed by atoms with Crippen molar-refractivity contribution in [1.82, 2.24) is 14.9 Å². The normalized spacial score (nSPS) is 14.9. The molecule has 2 aromatic heterocycles. The molecule has 0 atom stereocenters. The zero-order valence-corrected chi connectivity index (χ0v) is 20.1. The SMILES string of the molecule is Cc1cc(=O)c(C(=O)NC2CCCCCCC2)c(CCc2ccccc2)n1Cc1ccccn1. The highest BCUT2D eigenvalue weighted by Gasteiger charge is 2.23. The van der Waals surface area contributed by atoms with Gasteiger partial charge in [-0.15, -0.1) is 0 Å². The van der Waals surface area contributed by atoms with Crippen LogP contribution in [0.2, 0.25) is 0 Å². The summed E-state index contributed by atoms with van der Waals surface area (Å²) in [6.45, 7) is 2.47. The zero-order valence-electron chi connectivity index (χ0n) is 20.1. The van der Waals surface area contributed by atoms with E-state index in [0.29, 0.717) is 18.5 Å². The Morgan fingerprint density at radius 3 is 2.38 bits per heavy atom. The van der Waals surface area contributed by atoms with E-state index < -0.39 is 0 Å². The second kappa shape index (κ2) is 11.8. The molecule has 0 saturated heterocycles. The summed E-state index contributed by atoms with van der Waals surface area (Å²) >= 11 is 0. The van der Waals surface area contributed by atoms with Gasteiger partial charge in [0.15, 0.2) is 5.43 Å². The molecule has 4 rings (SSSR count). The van der Waals surface area contributed by atoms with E-state index >= 15 is 0 Å². The predicted molar refractivity (Wildman–Crippen MR) is 136 cm³/mol. The van der Waals surface area contributed by atoms with Gasteiger partial charge < -0.3 is 9.88 Å². The molecule has 5 nitrogen and oxygen atoms in total. The van der Waals surface area contributed by atoms with Crippen molar-refractivity contribution in [3.63, 3.8) is 0 Å². The number of aryl methyl sites for hydroxylation is 2. The number of nitrogens with one attached hydrogen (secondary N) is 1. The van der Waals surface area contributed by atoms with E-state index in [1.165, 1.54) is 24.8 Å². The van der Waals surface area contributed by atoms with Crippen molar-refractivity contribution in [2.75, 3.05) is 0 Å². The summed E-state index contributed by atoms with van der Waals surface area (Å²) in [4.78, 5) is 31.2. The van der Waals surface area contributed by atoms with Crippen LogP contribution in [0.25, 0.3) is 0 Å². The van der Waals surface area contributed by atoms with Crippen LogP contribution in [0.3, 0.4) is 0 Å². The van der Waals surface area contributed by atoms with Crippen LogP contribution in [0, 0.1) is 6.92 Å². The minimum absolute atomic E-state index is 0.139. The highest BCUT2D eigenvalue weighted by molar-refractivity contribution is 5.95. The Bertz CT molecular complexity index is 1130. The van der Waals surface area contributed by atoms with E-state index in [4.69, 9.17) is 0 Å². The summed E-state index contributed by atoms with van der Waals surface area (Å²) in [6.07, 6.45) is 11.1. The number of hydrogen-bond acceptors (Lipinski definition) is 3. The Labute approximate surface area is 202 Å². The number of rotatable bonds is 7. The third-order valence-electron chi connectivity index (χ3n) is 6.83. The van der Waals surface area contributed by atoms with E-state index in [2.05, 4.69) is 27.0 Å². The first-order valence-corrected chi connectivity index (χ1v) is 12.6. The van der Waals surface area contributed by atoms with Gasteiger partial charge in [-0.1, -0.05) is 68.5 Å². The van der Waals surface area contributed by atoms with Crippen LogP contribution in [-0.2, 0) is 19.4 Å². The number of benzene rings is 1. The van der Waals surface area contributed by atoms with Crippen molar-refractivity contribution in [3.05, 3.63) is 99.2 Å². The zero-order chi connectivity index (χ0) is 23.8. The quantitative estimate of drug-likeness (QED) is 0.528. The lowest BCUT2D eigenvalue weighted by atomic mass is 9.96. The van der Waals surface area contributed by atoms with Crippen LogP contribution < -0.4 is 10.7 Å². The van der Waals surface area contributed by atoms with Crippen LogP contribution in [0.1, 0.15) is 77.9 Å². The maximum absolute atomic E-state index is 13.5. The summed E-state index contributed by atoms with van der Waals surface area (Å²) in [5, 5.41) is 3.22.